The number of aromatic nitrogens is 3. The molecule has 1 aliphatic rings. The molecule has 3 rings (SSSR count). The van der Waals surface area contributed by atoms with Crippen molar-refractivity contribution in [2.24, 2.45) is 5.92 Å². The van der Waals surface area contributed by atoms with Gasteiger partial charge in [-0.3, -0.25) is 0 Å². The molecule has 1 unspecified atom stereocenters. The van der Waals surface area contributed by atoms with Crippen molar-refractivity contribution in [3.8, 4) is 17.3 Å². The zero-order valence-electron chi connectivity index (χ0n) is 16.3. The number of pyridine rings is 1. The first kappa shape index (κ1) is 21.5. The fourth-order valence-corrected chi connectivity index (χ4v) is 3.09. The molecule has 0 aromatic carbocycles. The number of hydrogen-bond donors (Lipinski definition) is 0. The van der Waals surface area contributed by atoms with Gasteiger partial charge in [0.25, 0.3) is 0 Å². The lowest BCUT2D eigenvalue weighted by Crippen LogP contribution is -2.35. The second-order valence-electron chi connectivity index (χ2n) is 7.57. The van der Waals surface area contributed by atoms with Crippen LogP contribution in [-0.4, -0.2) is 58.7 Å². The first-order valence-corrected chi connectivity index (χ1v) is 9.55. The molecule has 3 heterocycles. The van der Waals surface area contributed by atoms with Crippen LogP contribution in [0.25, 0.3) is 11.5 Å². The number of halogens is 4. The summed E-state index contributed by atoms with van der Waals surface area (Å²) in [5.74, 6) is -2.84. The minimum Gasteiger partial charge on any atom is -0.471 e. The molecule has 29 heavy (non-hydrogen) atoms. The highest BCUT2D eigenvalue weighted by molar-refractivity contribution is 5.51. The van der Waals surface area contributed by atoms with Crippen LogP contribution in [0.3, 0.4) is 0 Å². The minimum absolute atomic E-state index is 0.0665. The molecule has 0 aliphatic carbocycles. The van der Waals surface area contributed by atoms with E-state index < -0.39 is 19.0 Å². The third kappa shape index (κ3) is 5.65. The van der Waals surface area contributed by atoms with Gasteiger partial charge in [-0.05, 0) is 37.9 Å². The summed E-state index contributed by atoms with van der Waals surface area (Å²) >= 11 is 0. The molecule has 0 bridgehead atoms. The predicted octanol–water partition coefficient (Wildman–Crippen LogP) is 4.25. The SMILES string of the molecule is CC1CCN(CC(C)c2nnc(-c3ccc(OCC(F)(F)C(F)F)nc3)o2)CC1. The molecule has 10 heteroatoms. The summed E-state index contributed by atoms with van der Waals surface area (Å²) in [7, 11) is 0. The Morgan fingerprint density at radius 1 is 1.24 bits per heavy atom. The standard InChI is InChI=1S/C19H24F4N4O2/c1-12-5-7-27(8-6-12)10-13(2)16-25-26-17(29-16)14-3-4-15(24-9-14)28-11-19(22,23)18(20)21/h3-4,9,12-13,18H,5-8,10-11H2,1-2H3. The first-order valence-electron chi connectivity index (χ1n) is 9.55. The molecule has 160 valence electrons. The fraction of sp³-hybridized carbons (Fsp3) is 0.632. The van der Waals surface area contributed by atoms with E-state index in [9.17, 15) is 17.6 Å². The quantitative estimate of drug-likeness (QED) is 0.600. The van der Waals surface area contributed by atoms with Crippen molar-refractivity contribution in [1.29, 1.82) is 0 Å². The summed E-state index contributed by atoms with van der Waals surface area (Å²) in [4.78, 5) is 6.22. The van der Waals surface area contributed by atoms with E-state index in [0.29, 0.717) is 11.5 Å². The maximum atomic E-state index is 12.9. The van der Waals surface area contributed by atoms with E-state index in [4.69, 9.17) is 4.42 Å². The van der Waals surface area contributed by atoms with Crippen LogP contribution in [0.15, 0.2) is 22.7 Å². The van der Waals surface area contributed by atoms with Gasteiger partial charge in [0, 0.05) is 24.7 Å². The molecule has 0 amide bonds. The normalized spacial score (nSPS) is 17.6. The lowest BCUT2D eigenvalue weighted by Gasteiger charge is -2.31. The van der Waals surface area contributed by atoms with Gasteiger partial charge in [-0.25, -0.2) is 13.8 Å². The van der Waals surface area contributed by atoms with Crippen LogP contribution in [-0.2, 0) is 0 Å². The molecule has 2 aromatic heterocycles. The summed E-state index contributed by atoms with van der Waals surface area (Å²) in [6.07, 6.45) is -0.117. The zero-order valence-corrected chi connectivity index (χ0v) is 16.3. The number of nitrogens with zero attached hydrogens (tertiary/aromatic N) is 4. The van der Waals surface area contributed by atoms with E-state index in [-0.39, 0.29) is 17.7 Å². The largest absolute Gasteiger partial charge is 0.471 e. The monoisotopic (exact) mass is 416 g/mol. The third-order valence-corrected chi connectivity index (χ3v) is 4.99. The second kappa shape index (κ2) is 9.06. The number of alkyl halides is 4. The van der Waals surface area contributed by atoms with Crippen molar-refractivity contribution in [2.45, 2.75) is 45.0 Å². The maximum Gasteiger partial charge on any atom is 0.340 e. The van der Waals surface area contributed by atoms with Gasteiger partial charge in [0.1, 0.15) is 0 Å². The molecule has 1 fully saturated rings. The van der Waals surface area contributed by atoms with Crippen molar-refractivity contribution in [3.63, 3.8) is 0 Å². The molecule has 1 atom stereocenters. The van der Waals surface area contributed by atoms with Gasteiger partial charge in [0.2, 0.25) is 17.7 Å². The Hall–Kier alpha value is -2.23. The van der Waals surface area contributed by atoms with Gasteiger partial charge in [-0.2, -0.15) is 8.78 Å². The average Bonchev–Trinajstić information content (AvgIpc) is 3.19. The maximum absolute atomic E-state index is 12.9. The summed E-state index contributed by atoms with van der Waals surface area (Å²) in [6, 6.07) is 2.79. The van der Waals surface area contributed by atoms with Crippen molar-refractivity contribution in [1.82, 2.24) is 20.1 Å². The van der Waals surface area contributed by atoms with E-state index >= 15 is 0 Å². The Balaban J connectivity index is 1.57. The molecular weight excluding hydrogens is 392 g/mol. The van der Waals surface area contributed by atoms with Crippen LogP contribution >= 0.6 is 0 Å². The number of rotatable bonds is 8. The van der Waals surface area contributed by atoms with Gasteiger partial charge < -0.3 is 14.1 Å². The lowest BCUT2D eigenvalue weighted by atomic mass is 9.98. The smallest absolute Gasteiger partial charge is 0.340 e. The molecule has 0 radical (unpaired) electrons. The van der Waals surface area contributed by atoms with E-state index in [1.165, 1.54) is 31.2 Å². The summed E-state index contributed by atoms with van der Waals surface area (Å²) in [6.45, 7) is 5.78. The van der Waals surface area contributed by atoms with E-state index in [1.807, 2.05) is 6.92 Å². The molecule has 1 saturated heterocycles. The number of ether oxygens (including phenoxy) is 1. The molecule has 0 saturated carbocycles. The van der Waals surface area contributed by atoms with Crippen LogP contribution in [0.1, 0.15) is 38.5 Å². The second-order valence-corrected chi connectivity index (χ2v) is 7.57. The minimum atomic E-state index is -4.23. The van der Waals surface area contributed by atoms with E-state index in [0.717, 1.165) is 25.6 Å². The Labute approximate surface area is 166 Å². The Morgan fingerprint density at radius 2 is 1.97 bits per heavy atom. The summed E-state index contributed by atoms with van der Waals surface area (Å²) < 4.78 is 60.5. The van der Waals surface area contributed by atoms with Gasteiger partial charge in [0.15, 0.2) is 6.61 Å². The Kier molecular flexibility index (Phi) is 6.71. The topological polar surface area (TPSA) is 64.3 Å². The predicted molar refractivity (Wildman–Crippen MR) is 97.2 cm³/mol. The average molecular weight is 416 g/mol. The van der Waals surface area contributed by atoms with Gasteiger partial charge in [0.05, 0.1) is 5.56 Å². The molecular formula is C19H24F4N4O2. The van der Waals surface area contributed by atoms with Crippen LogP contribution in [0.2, 0.25) is 0 Å². The van der Waals surface area contributed by atoms with Crippen LogP contribution in [0.4, 0.5) is 17.6 Å². The number of likely N-dealkylation sites (tertiary alicyclic amines) is 1. The summed E-state index contributed by atoms with van der Waals surface area (Å²) in [5.41, 5.74) is 0.482. The third-order valence-electron chi connectivity index (χ3n) is 4.99. The zero-order chi connectivity index (χ0) is 21.0. The Morgan fingerprint density at radius 3 is 2.59 bits per heavy atom. The van der Waals surface area contributed by atoms with Gasteiger partial charge in [-0.15, -0.1) is 10.2 Å². The highest BCUT2D eigenvalue weighted by Crippen LogP contribution is 2.26. The van der Waals surface area contributed by atoms with Crippen LogP contribution in [0.5, 0.6) is 5.88 Å². The summed E-state index contributed by atoms with van der Waals surface area (Å²) in [5, 5.41) is 8.11. The van der Waals surface area contributed by atoms with E-state index in [2.05, 4.69) is 31.7 Å². The molecule has 0 N–H and O–H groups in total. The van der Waals surface area contributed by atoms with E-state index in [1.54, 1.807) is 0 Å². The van der Waals surface area contributed by atoms with Crippen molar-refractivity contribution < 1.29 is 26.7 Å². The van der Waals surface area contributed by atoms with Crippen molar-refractivity contribution in [2.75, 3.05) is 26.2 Å². The molecule has 0 spiro atoms. The fourth-order valence-electron chi connectivity index (χ4n) is 3.09. The number of piperidine rings is 1. The highest BCUT2D eigenvalue weighted by atomic mass is 19.3. The Bertz CT molecular complexity index is 777. The lowest BCUT2D eigenvalue weighted by molar-refractivity contribution is -0.148. The molecule has 6 nitrogen and oxygen atoms in total. The van der Waals surface area contributed by atoms with Crippen molar-refractivity contribution in [3.05, 3.63) is 24.2 Å². The van der Waals surface area contributed by atoms with Gasteiger partial charge in [-0.1, -0.05) is 13.8 Å². The van der Waals surface area contributed by atoms with Gasteiger partial charge >= 0.3 is 12.3 Å². The van der Waals surface area contributed by atoms with Crippen LogP contribution < -0.4 is 4.74 Å². The highest BCUT2D eigenvalue weighted by Gasteiger charge is 2.41. The number of hydrogen-bond acceptors (Lipinski definition) is 6. The first-order chi connectivity index (χ1) is 13.7. The van der Waals surface area contributed by atoms with Crippen LogP contribution in [0, 0.1) is 5.92 Å². The van der Waals surface area contributed by atoms with Crippen molar-refractivity contribution >= 4 is 0 Å². The molecule has 1 aliphatic heterocycles. The molecule has 2 aromatic rings.